The fraction of sp³-hybridized carbons (Fsp3) is 0.286. The molecule has 0 aliphatic heterocycles. The van der Waals surface area contributed by atoms with Gasteiger partial charge in [-0.25, -0.2) is 0 Å². The molecule has 0 saturated heterocycles. The van der Waals surface area contributed by atoms with Crippen molar-refractivity contribution >= 4 is 11.8 Å². The zero-order valence-electron chi connectivity index (χ0n) is 11.8. The second kappa shape index (κ2) is 6.17. The van der Waals surface area contributed by atoms with Crippen LogP contribution in [0.4, 0.5) is 0 Å². The molecular formula is C14H16N4O3. The third-order valence-corrected chi connectivity index (χ3v) is 2.81. The minimum atomic E-state index is -0.454. The first-order valence-electron chi connectivity index (χ1n) is 6.45. The van der Waals surface area contributed by atoms with E-state index < -0.39 is 5.91 Å². The highest BCUT2D eigenvalue weighted by Crippen LogP contribution is 2.17. The van der Waals surface area contributed by atoms with Crippen molar-refractivity contribution in [3.05, 3.63) is 35.7 Å². The van der Waals surface area contributed by atoms with E-state index in [2.05, 4.69) is 15.5 Å². The molecule has 0 aliphatic carbocycles. The van der Waals surface area contributed by atoms with Gasteiger partial charge in [0.15, 0.2) is 5.82 Å². The van der Waals surface area contributed by atoms with Crippen molar-refractivity contribution in [2.75, 3.05) is 0 Å². The Labute approximate surface area is 121 Å². The van der Waals surface area contributed by atoms with Gasteiger partial charge in [0.05, 0.1) is 0 Å². The van der Waals surface area contributed by atoms with Crippen LogP contribution < -0.4 is 11.1 Å². The maximum Gasteiger partial charge on any atom is 0.257 e. The summed E-state index contributed by atoms with van der Waals surface area (Å²) in [5.74, 6) is 0.232. The number of nitrogens with zero attached hydrogens (tertiary/aromatic N) is 2. The number of aromatic nitrogens is 2. The summed E-state index contributed by atoms with van der Waals surface area (Å²) in [6.45, 7) is 3.45. The van der Waals surface area contributed by atoms with Crippen molar-refractivity contribution in [3.63, 3.8) is 0 Å². The van der Waals surface area contributed by atoms with E-state index in [4.69, 9.17) is 10.3 Å². The number of hydrogen-bond acceptors (Lipinski definition) is 5. The number of rotatable bonds is 5. The van der Waals surface area contributed by atoms with Gasteiger partial charge in [0.1, 0.15) is 0 Å². The van der Waals surface area contributed by atoms with Crippen LogP contribution in [0.2, 0.25) is 0 Å². The summed E-state index contributed by atoms with van der Waals surface area (Å²) in [4.78, 5) is 26.9. The summed E-state index contributed by atoms with van der Waals surface area (Å²) in [6.07, 6.45) is 0.102. The number of benzene rings is 1. The lowest BCUT2D eigenvalue weighted by Crippen LogP contribution is -2.35. The molecule has 7 nitrogen and oxygen atoms in total. The van der Waals surface area contributed by atoms with Crippen molar-refractivity contribution < 1.29 is 14.1 Å². The molecule has 0 spiro atoms. The highest BCUT2D eigenvalue weighted by atomic mass is 16.5. The Balaban J connectivity index is 2.05. The van der Waals surface area contributed by atoms with Gasteiger partial charge in [-0.2, -0.15) is 4.98 Å². The van der Waals surface area contributed by atoms with Crippen molar-refractivity contribution in [1.82, 2.24) is 15.5 Å². The third-order valence-electron chi connectivity index (χ3n) is 2.81. The first kappa shape index (κ1) is 14.7. The third kappa shape index (κ3) is 3.88. The molecule has 21 heavy (non-hydrogen) atoms. The Morgan fingerprint density at radius 3 is 2.52 bits per heavy atom. The van der Waals surface area contributed by atoms with Gasteiger partial charge < -0.3 is 15.6 Å². The van der Waals surface area contributed by atoms with E-state index >= 15 is 0 Å². The molecule has 1 aromatic heterocycles. The Hall–Kier alpha value is -2.70. The number of nitrogens with one attached hydrogen (secondary N) is 1. The molecule has 1 aromatic carbocycles. The van der Waals surface area contributed by atoms with Gasteiger partial charge >= 0.3 is 0 Å². The molecule has 3 N–H and O–H groups in total. The minimum Gasteiger partial charge on any atom is -0.370 e. The SMILES string of the molecule is Cc1noc(-c2ccc(C(=O)N[C@@H](C)CC(N)=O)cc2)n1. The zero-order chi connectivity index (χ0) is 15.4. The number of hydrogen-bond donors (Lipinski definition) is 2. The molecule has 1 heterocycles. The Morgan fingerprint density at radius 1 is 1.33 bits per heavy atom. The van der Waals surface area contributed by atoms with Crippen LogP contribution in [0.15, 0.2) is 28.8 Å². The molecular weight excluding hydrogens is 272 g/mol. The fourth-order valence-electron chi connectivity index (χ4n) is 1.84. The summed E-state index contributed by atoms with van der Waals surface area (Å²) in [6, 6.07) is 6.44. The van der Waals surface area contributed by atoms with Crippen LogP contribution in [0.5, 0.6) is 0 Å². The standard InChI is InChI=1S/C14H16N4O3/c1-8(7-12(15)19)16-13(20)10-3-5-11(6-4-10)14-17-9(2)18-21-14/h3-6,8H,7H2,1-2H3,(H2,15,19)(H,16,20)/t8-/m0/s1. The molecule has 2 amide bonds. The first-order valence-corrected chi connectivity index (χ1v) is 6.45. The van der Waals surface area contributed by atoms with Gasteiger partial charge in [0, 0.05) is 23.6 Å². The predicted octanol–water partition coefficient (Wildman–Crippen LogP) is 1.04. The second-order valence-corrected chi connectivity index (χ2v) is 4.77. The topological polar surface area (TPSA) is 111 Å². The number of carbonyl (C=O) groups excluding carboxylic acids is 2. The Morgan fingerprint density at radius 2 is 2.00 bits per heavy atom. The number of nitrogens with two attached hydrogens (primary N) is 1. The van der Waals surface area contributed by atoms with E-state index in [0.29, 0.717) is 17.3 Å². The Bertz CT molecular complexity index is 648. The molecule has 0 bridgehead atoms. The molecule has 0 unspecified atom stereocenters. The second-order valence-electron chi connectivity index (χ2n) is 4.77. The van der Waals surface area contributed by atoms with Gasteiger partial charge in [-0.05, 0) is 38.1 Å². The smallest absolute Gasteiger partial charge is 0.257 e. The molecule has 2 rings (SSSR count). The summed E-state index contributed by atoms with van der Waals surface area (Å²) < 4.78 is 5.05. The average molecular weight is 288 g/mol. The van der Waals surface area contributed by atoms with Crippen LogP contribution >= 0.6 is 0 Å². The molecule has 0 saturated carbocycles. The maximum atomic E-state index is 12.0. The number of aryl methyl sites for hydroxylation is 1. The van der Waals surface area contributed by atoms with Gasteiger partial charge in [-0.3, -0.25) is 9.59 Å². The highest BCUT2D eigenvalue weighted by molar-refractivity contribution is 5.95. The lowest BCUT2D eigenvalue weighted by Gasteiger charge is -2.11. The van der Waals surface area contributed by atoms with Crippen molar-refractivity contribution in [3.8, 4) is 11.5 Å². The summed E-state index contributed by atoms with van der Waals surface area (Å²) >= 11 is 0. The first-order chi connectivity index (χ1) is 9.95. The largest absolute Gasteiger partial charge is 0.370 e. The van der Waals surface area contributed by atoms with Crippen molar-refractivity contribution in [2.24, 2.45) is 5.73 Å². The molecule has 110 valence electrons. The van der Waals surface area contributed by atoms with Gasteiger partial charge in [-0.1, -0.05) is 5.16 Å². The number of primary amides is 1. The van der Waals surface area contributed by atoms with E-state index in [1.807, 2.05) is 0 Å². The predicted molar refractivity (Wildman–Crippen MR) is 75.2 cm³/mol. The fourth-order valence-corrected chi connectivity index (χ4v) is 1.84. The van der Waals surface area contributed by atoms with Crippen molar-refractivity contribution in [1.29, 1.82) is 0 Å². The summed E-state index contributed by atoms with van der Waals surface area (Å²) in [5, 5.41) is 6.41. The molecule has 0 aliphatic rings. The van der Waals surface area contributed by atoms with Crippen LogP contribution in [0.3, 0.4) is 0 Å². The quantitative estimate of drug-likeness (QED) is 0.853. The summed E-state index contributed by atoms with van der Waals surface area (Å²) in [5.41, 5.74) is 6.29. The van der Waals surface area contributed by atoms with Crippen LogP contribution in [-0.4, -0.2) is 28.0 Å². The van der Waals surface area contributed by atoms with E-state index in [0.717, 1.165) is 5.56 Å². The van der Waals surface area contributed by atoms with Gasteiger partial charge in [-0.15, -0.1) is 0 Å². The Kier molecular flexibility index (Phi) is 4.32. The highest BCUT2D eigenvalue weighted by Gasteiger charge is 2.12. The van der Waals surface area contributed by atoms with E-state index in [1.165, 1.54) is 0 Å². The van der Waals surface area contributed by atoms with E-state index in [9.17, 15) is 9.59 Å². The minimum absolute atomic E-state index is 0.102. The lowest BCUT2D eigenvalue weighted by atomic mass is 10.1. The van der Waals surface area contributed by atoms with Gasteiger partial charge in [0.2, 0.25) is 5.91 Å². The number of amides is 2. The summed E-state index contributed by atoms with van der Waals surface area (Å²) in [7, 11) is 0. The van der Waals surface area contributed by atoms with E-state index in [1.54, 1.807) is 38.1 Å². The molecule has 7 heteroatoms. The average Bonchev–Trinajstić information content (AvgIpc) is 2.84. The van der Waals surface area contributed by atoms with Crippen molar-refractivity contribution in [2.45, 2.75) is 26.3 Å². The van der Waals surface area contributed by atoms with Crippen LogP contribution in [0.1, 0.15) is 29.5 Å². The molecule has 1 atom stereocenters. The van der Waals surface area contributed by atoms with Crippen LogP contribution in [0.25, 0.3) is 11.5 Å². The zero-order valence-corrected chi connectivity index (χ0v) is 11.8. The molecule has 0 fully saturated rings. The maximum absolute atomic E-state index is 12.0. The normalized spacial score (nSPS) is 11.9. The number of carbonyl (C=O) groups is 2. The van der Waals surface area contributed by atoms with Gasteiger partial charge in [0.25, 0.3) is 11.8 Å². The van der Waals surface area contributed by atoms with E-state index in [-0.39, 0.29) is 18.4 Å². The van der Waals surface area contributed by atoms with Crippen LogP contribution in [0, 0.1) is 6.92 Å². The molecule has 0 radical (unpaired) electrons. The molecule has 2 aromatic rings. The van der Waals surface area contributed by atoms with Crippen LogP contribution in [-0.2, 0) is 4.79 Å². The lowest BCUT2D eigenvalue weighted by molar-refractivity contribution is -0.118. The monoisotopic (exact) mass is 288 g/mol.